The first-order valence-corrected chi connectivity index (χ1v) is 7.94. The topological polar surface area (TPSA) is 81.2 Å². The second-order valence-corrected chi connectivity index (χ2v) is 7.28. The zero-order chi connectivity index (χ0) is 14.2. The number of nitrogens with two attached hydrogens (primary N) is 1. The monoisotopic (exact) mass is 300 g/mol. The Morgan fingerprint density at radius 1 is 1.53 bits per heavy atom. The van der Waals surface area contributed by atoms with Crippen molar-refractivity contribution in [2.75, 3.05) is 12.8 Å². The first-order chi connectivity index (χ1) is 8.84. The molecule has 2 rings (SSSR count). The molecular weight excluding hydrogens is 284 g/mol. The van der Waals surface area contributed by atoms with Crippen molar-refractivity contribution in [1.82, 2.24) is 14.1 Å². The second kappa shape index (κ2) is 4.95. The van der Waals surface area contributed by atoms with Gasteiger partial charge in [-0.05, 0) is 18.4 Å². The molecule has 0 radical (unpaired) electrons. The van der Waals surface area contributed by atoms with E-state index in [9.17, 15) is 8.42 Å². The Hall–Kier alpha value is -1.38. The van der Waals surface area contributed by atoms with Crippen molar-refractivity contribution >= 4 is 27.2 Å². The minimum atomic E-state index is -3.62. The van der Waals surface area contributed by atoms with Gasteiger partial charge in [0.15, 0.2) is 5.82 Å². The van der Waals surface area contributed by atoms with E-state index < -0.39 is 10.0 Å². The standard InChI is InChI=1S/C11H16N4O2S2/c1-8-10(11(12)13-15(8)3)19(16,17)14(2)7-9-5-4-6-18-9/h4-6H,7H2,1-3H3,(H2,12,13). The van der Waals surface area contributed by atoms with E-state index in [-0.39, 0.29) is 10.7 Å². The van der Waals surface area contributed by atoms with E-state index in [4.69, 9.17) is 5.73 Å². The predicted molar refractivity (Wildman–Crippen MR) is 75.3 cm³/mol. The summed E-state index contributed by atoms with van der Waals surface area (Å²) in [5.74, 6) is 0.0398. The Bertz CT molecular complexity index is 674. The molecule has 0 aromatic carbocycles. The van der Waals surface area contributed by atoms with Crippen LogP contribution in [-0.2, 0) is 23.6 Å². The third kappa shape index (κ3) is 2.51. The Labute approximate surface area is 116 Å². The molecule has 2 aromatic rings. The highest BCUT2D eigenvalue weighted by molar-refractivity contribution is 7.89. The summed E-state index contributed by atoms with van der Waals surface area (Å²) in [4.78, 5) is 1.07. The lowest BCUT2D eigenvalue weighted by atomic mass is 10.5. The van der Waals surface area contributed by atoms with Gasteiger partial charge in [-0.1, -0.05) is 6.07 Å². The fraction of sp³-hybridized carbons (Fsp3) is 0.364. The highest BCUT2D eigenvalue weighted by Gasteiger charge is 2.28. The van der Waals surface area contributed by atoms with Crippen molar-refractivity contribution in [3.63, 3.8) is 0 Å². The largest absolute Gasteiger partial charge is 0.381 e. The van der Waals surface area contributed by atoms with Gasteiger partial charge in [0, 0.05) is 25.5 Å². The van der Waals surface area contributed by atoms with Gasteiger partial charge in [0.1, 0.15) is 4.90 Å². The summed E-state index contributed by atoms with van der Waals surface area (Å²) in [6.45, 7) is 2.02. The smallest absolute Gasteiger partial charge is 0.248 e. The number of anilines is 1. The molecule has 0 spiro atoms. The van der Waals surface area contributed by atoms with Gasteiger partial charge in [-0.2, -0.15) is 9.40 Å². The molecule has 8 heteroatoms. The second-order valence-electron chi connectivity index (χ2n) is 4.26. The highest BCUT2D eigenvalue weighted by atomic mass is 32.2. The van der Waals surface area contributed by atoms with Crippen molar-refractivity contribution in [1.29, 1.82) is 0 Å². The Morgan fingerprint density at radius 2 is 2.21 bits per heavy atom. The molecule has 0 atom stereocenters. The van der Waals surface area contributed by atoms with Crippen molar-refractivity contribution < 1.29 is 8.42 Å². The zero-order valence-corrected chi connectivity index (χ0v) is 12.6. The summed E-state index contributed by atoms with van der Waals surface area (Å²) in [7, 11) is -0.411. The number of hydrogen-bond donors (Lipinski definition) is 1. The van der Waals surface area contributed by atoms with E-state index in [1.54, 1.807) is 21.0 Å². The molecule has 0 saturated heterocycles. The summed E-state index contributed by atoms with van der Waals surface area (Å²) in [6, 6.07) is 3.79. The van der Waals surface area contributed by atoms with Crippen LogP contribution in [0.5, 0.6) is 0 Å². The average Bonchev–Trinajstić information content (AvgIpc) is 2.88. The molecule has 19 heavy (non-hydrogen) atoms. The summed E-state index contributed by atoms with van der Waals surface area (Å²) >= 11 is 1.52. The molecular formula is C11H16N4O2S2. The van der Waals surface area contributed by atoms with Gasteiger partial charge in [0.2, 0.25) is 10.0 Å². The zero-order valence-electron chi connectivity index (χ0n) is 11.0. The molecule has 0 aliphatic carbocycles. The molecule has 0 amide bonds. The Morgan fingerprint density at radius 3 is 2.68 bits per heavy atom. The van der Waals surface area contributed by atoms with Crippen LogP contribution < -0.4 is 5.73 Å². The van der Waals surface area contributed by atoms with Gasteiger partial charge >= 0.3 is 0 Å². The van der Waals surface area contributed by atoms with Crippen LogP contribution in [-0.4, -0.2) is 29.6 Å². The van der Waals surface area contributed by atoms with Crippen LogP contribution in [0.3, 0.4) is 0 Å². The maximum atomic E-state index is 12.5. The van der Waals surface area contributed by atoms with E-state index in [1.165, 1.54) is 20.3 Å². The fourth-order valence-electron chi connectivity index (χ4n) is 1.80. The van der Waals surface area contributed by atoms with E-state index in [1.807, 2.05) is 17.5 Å². The summed E-state index contributed by atoms with van der Waals surface area (Å²) in [6.07, 6.45) is 0. The molecule has 0 unspecified atom stereocenters. The molecule has 104 valence electrons. The van der Waals surface area contributed by atoms with Gasteiger partial charge in [-0.3, -0.25) is 4.68 Å². The van der Waals surface area contributed by atoms with Crippen molar-refractivity contribution in [2.24, 2.45) is 7.05 Å². The van der Waals surface area contributed by atoms with Gasteiger partial charge in [0.05, 0.1) is 5.69 Å². The SMILES string of the molecule is Cc1c(S(=O)(=O)N(C)Cc2cccs2)c(N)nn1C. The fourth-order valence-corrected chi connectivity index (χ4v) is 4.07. The molecule has 0 fully saturated rings. The molecule has 0 bridgehead atoms. The lowest BCUT2D eigenvalue weighted by molar-refractivity contribution is 0.469. The lowest BCUT2D eigenvalue weighted by Gasteiger charge is -2.16. The van der Waals surface area contributed by atoms with E-state index in [0.29, 0.717) is 12.2 Å². The number of nitrogens with zero attached hydrogens (tertiary/aromatic N) is 3. The van der Waals surface area contributed by atoms with Gasteiger partial charge < -0.3 is 5.73 Å². The van der Waals surface area contributed by atoms with Crippen LogP contribution in [0.4, 0.5) is 5.82 Å². The van der Waals surface area contributed by atoms with Gasteiger partial charge in [0.25, 0.3) is 0 Å². The first-order valence-electron chi connectivity index (χ1n) is 5.62. The quantitative estimate of drug-likeness (QED) is 0.919. The van der Waals surface area contributed by atoms with Crippen molar-refractivity contribution in [3.8, 4) is 0 Å². The number of thiophene rings is 1. The maximum Gasteiger partial charge on any atom is 0.248 e. The van der Waals surface area contributed by atoms with Gasteiger partial charge in [-0.25, -0.2) is 8.42 Å². The molecule has 0 aliphatic heterocycles. The van der Waals surface area contributed by atoms with Crippen molar-refractivity contribution in [2.45, 2.75) is 18.4 Å². The average molecular weight is 300 g/mol. The number of aromatic nitrogens is 2. The first kappa shape index (κ1) is 14.0. The summed E-state index contributed by atoms with van der Waals surface area (Å²) in [5.41, 5.74) is 6.24. The van der Waals surface area contributed by atoms with E-state index >= 15 is 0 Å². The number of hydrogen-bond acceptors (Lipinski definition) is 5. The van der Waals surface area contributed by atoms with Crippen LogP contribution in [0.2, 0.25) is 0 Å². The van der Waals surface area contributed by atoms with Crippen LogP contribution in [0.25, 0.3) is 0 Å². The minimum absolute atomic E-state index is 0.0398. The minimum Gasteiger partial charge on any atom is -0.381 e. The Kier molecular flexibility index (Phi) is 3.66. The molecule has 6 nitrogen and oxygen atoms in total. The number of rotatable bonds is 4. The molecule has 2 N–H and O–H groups in total. The highest BCUT2D eigenvalue weighted by Crippen LogP contribution is 2.25. The number of nitrogen functional groups attached to an aromatic ring is 1. The van der Waals surface area contributed by atoms with E-state index in [2.05, 4.69) is 5.10 Å². The number of aryl methyl sites for hydroxylation is 1. The van der Waals surface area contributed by atoms with Crippen molar-refractivity contribution in [3.05, 3.63) is 28.1 Å². The molecule has 2 heterocycles. The lowest BCUT2D eigenvalue weighted by Crippen LogP contribution is -2.27. The Balaban J connectivity index is 2.36. The predicted octanol–water partition coefficient (Wildman–Crippen LogP) is 1.19. The van der Waals surface area contributed by atoms with Crippen LogP contribution in [0.1, 0.15) is 10.6 Å². The maximum absolute atomic E-state index is 12.5. The number of sulfonamides is 1. The molecule has 2 aromatic heterocycles. The summed E-state index contributed by atoms with van der Waals surface area (Å²) < 4.78 is 27.8. The third-order valence-corrected chi connectivity index (χ3v) is 5.76. The summed E-state index contributed by atoms with van der Waals surface area (Å²) in [5, 5.41) is 5.86. The third-order valence-electron chi connectivity index (χ3n) is 2.93. The van der Waals surface area contributed by atoms with Crippen LogP contribution in [0.15, 0.2) is 22.4 Å². The van der Waals surface area contributed by atoms with Crippen LogP contribution >= 0.6 is 11.3 Å². The molecule has 0 aliphatic rings. The van der Waals surface area contributed by atoms with Gasteiger partial charge in [-0.15, -0.1) is 11.3 Å². The normalized spacial score (nSPS) is 12.2. The van der Waals surface area contributed by atoms with E-state index in [0.717, 1.165) is 4.88 Å². The molecule has 0 saturated carbocycles. The van der Waals surface area contributed by atoms with Crippen LogP contribution in [0, 0.1) is 6.92 Å².